The van der Waals surface area contributed by atoms with Gasteiger partial charge in [0.15, 0.2) is 5.76 Å². The molecule has 0 bridgehead atoms. The molecule has 5 heteroatoms. The standard InChI is InChI=1S/C17H14O5/c1-20-12-7-8-14-13(9-12)16(17(18)19)15(22-14)10-21-11-5-3-2-4-6-11/h2-9H,10H2,1H3,(H,18,19)/p-1. The first-order chi connectivity index (χ1) is 10.7. The molecule has 0 saturated heterocycles. The lowest BCUT2D eigenvalue weighted by atomic mass is 10.1. The number of fused-ring (bicyclic) bond motifs is 1. The number of benzene rings is 2. The van der Waals surface area contributed by atoms with Gasteiger partial charge in [0.25, 0.3) is 0 Å². The first kappa shape index (κ1) is 14.0. The molecule has 0 atom stereocenters. The van der Waals surface area contributed by atoms with Crippen molar-refractivity contribution in [2.45, 2.75) is 6.61 Å². The molecule has 112 valence electrons. The molecule has 22 heavy (non-hydrogen) atoms. The fraction of sp³-hybridized carbons (Fsp3) is 0.118. The number of hydrogen-bond donors (Lipinski definition) is 0. The largest absolute Gasteiger partial charge is 0.545 e. The minimum Gasteiger partial charge on any atom is -0.545 e. The van der Waals surface area contributed by atoms with Crippen molar-refractivity contribution in [3.8, 4) is 11.5 Å². The third-order valence-corrected chi connectivity index (χ3v) is 3.29. The molecule has 0 aliphatic rings. The van der Waals surface area contributed by atoms with Gasteiger partial charge >= 0.3 is 0 Å². The minimum absolute atomic E-state index is 0.00429. The SMILES string of the molecule is COc1ccc2oc(COc3ccccc3)c(C(=O)[O-])c2c1. The van der Waals surface area contributed by atoms with Gasteiger partial charge < -0.3 is 23.8 Å². The van der Waals surface area contributed by atoms with Crippen molar-refractivity contribution in [1.82, 2.24) is 0 Å². The van der Waals surface area contributed by atoms with E-state index in [2.05, 4.69) is 0 Å². The molecular formula is C17H13O5-. The van der Waals surface area contributed by atoms with E-state index < -0.39 is 5.97 Å². The predicted molar refractivity (Wildman–Crippen MR) is 77.9 cm³/mol. The zero-order chi connectivity index (χ0) is 15.5. The number of aromatic carboxylic acids is 1. The maximum atomic E-state index is 11.4. The van der Waals surface area contributed by atoms with E-state index in [1.54, 1.807) is 30.3 Å². The second-order valence-electron chi connectivity index (χ2n) is 4.65. The Bertz CT molecular complexity index is 805. The minimum atomic E-state index is -1.31. The first-order valence-electron chi connectivity index (χ1n) is 6.67. The van der Waals surface area contributed by atoms with Crippen molar-refractivity contribution in [2.24, 2.45) is 0 Å². The number of carbonyl (C=O) groups is 1. The van der Waals surface area contributed by atoms with E-state index >= 15 is 0 Å². The van der Waals surface area contributed by atoms with Gasteiger partial charge in [-0.1, -0.05) is 18.2 Å². The number of methoxy groups -OCH3 is 1. The zero-order valence-corrected chi connectivity index (χ0v) is 11.9. The number of hydrogen-bond acceptors (Lipinski definition) is 5. The molecule has 5 nitrogen and oxygen atoms in total. The summed E-state index contributed by atoms with van der Waals surface area (Å²) < 4.78 is 16.2. The van der Waals surface area contributed by atoms with Crippen LogP contribution in [0.4, 0.5) is 0 Å². The number of ether oxygens (including phenoxy) is 2. The van der Waals surface area contributed by atoms with Gasteiger partial charge in [-0.3, -0.25) is 0 Å². The van der Waals surface area contributed by atoms with Crippen LogP contribution in [-0.4, -0.2) is 13.1 Å². The Kier molecular flexibility index (Phi) is 3.70. The van der Waals surface area contributed by atoms with Crippen LogP contribution in [0.25, 0.3) is 11.0 Å². The van der Waals surface area contributed by atoms with Crippen molar-refractivity contribution >= 4 is 16.9 Å². The van der Waals surface area contributed by atoms with Gasteiger partial charge in [0.05, 0.1) is 18.6 Å². The van der Waals surface area contributed by atoms with Crippen molar-refractivity contribution in [3.63, 3.8) is 0 Å². The highest BCUT2D eigenvalue weighted by molar-refractivity contribution is 6.03. The van der Waals surface area contributed by atoms with E-state index in [4.69, 9.17) is 13.9 Å². The highest BCUT2D eigenvalue weighted by Gasteiger charge is 2.16. The fourth-order valence-corrected chi connectivity index (χ4v) is 2.25. The van der Waals surface area contributed by atoms with Crippen LogP contribution in [-0.2, 0) is 6.61 Å². The van der Waals surface area contributed by atoms with E-state index in [-0.39, 0.29) is 17.9 Å². The third-order valence-electron chi connectivity index (χ3n) is 3.29. The Morgan fingerprint density at radius 1 is 1.14 bits per heavy atom. The Balaban J connectivity index is 1.98. The molecule has 2 aromatic carbocycles. The van der Waals surface area contributed by atoms with Gasteiger partial charge in [0, 0.05) is 5.39 Å². The Hall–Kier alpha value is -2.95. The maximum absolute atomic E-state index is 11.4. The number of furan rings is 1. The lowest BCUT2D eigenvalue weighted by Crippen LogP contribution is -2.23. The summed E-state index contributed by atoms with van der Waals surface area (Å²) in [6, 6.07) is 14.1. The molecule has 0 N–H and O–H groups in total. The number of carbonyl (C=O) groups excluding carboxylic acids is 1. The summed E-state index contributed by atoms with van der Waals surface area (Å²) in [6.07, 6.45) is 0. The van der Waals surface area contributed by atoms with E-state index in [1.165, 1.54) is 7.11 Å². The highest BCUT2D eigenvalue weighted by atomic mass is 16.5. The number of carboxylic acids is 1. The summed E-state index contributed by atoms with van der Waals surface area (Å²) in [4.78, 5) is 11.4. The van der Waals surface area contributed by atoms with Crippen molar-refractivity contribution in [2.75, 3.05) is 7.11 Å². The van der Waals surface area contributed by atoms with E-state index in [0.717, 1.165) is 0 Å². The van der Waals surface area contributed by atoms with Crippen molar-refractivity contribution < 1.29 is 23.8 Å². The van der Waals surface area contributed by atoms with Gasteiger partial charge in [0.1, 0.15) is 23.7 Å². The Morgan fingerprint density at radius 2 is 1.91 bits per heavy atom. The van der Waals surface area contributed by atoms with Gasteiger partial charge in [-0.05, 0) is 30.3 Å². The lowest BCUT2D eigenvalue weighted by molar-refractivity contribution is -0.255. The summed E-state index contributed by atoms with van der Waals surface area (Å²) >= 11 is 0. The van der Waals surface area contributed by atoms with Crippen LogP contribution in [0.3, 0.4) is 0 Å². The first-order valence-corrected chi connectivity index (χ1v) is 6.67. The number of carboxylic acid groups (broad SMARTS) is 1. The Labute approximate surface area is 126 Å². The Morgan fingerprint density at radius 3 is 2.59 bits per heavy atom. The molecule has 1 aromatic heterocycles. The van der Waals surface area contributed by atoms with Gasteiger partial charge in [0.2, 0.25) is 0 Å². The topological polar surface area (TPSA) is 71.7 Å². The van der Waals surface area contributed by atoms with E-state index in [1.807, 2.05) is 18.2 Å². The molecule has 0 saturated carbocycles. The maximum Gasteiger partial charge on any atom is 0.151 e. The highest BCUT2D eigenvalue weighted by Crippen LogP contribution is 2.29. The molecule has 0 amide bonds. The number of para-hydroxylation sites is 1. The van der Waals surface area contributed by atoms with Gasteiger partial charge in [-0.2, -0.15) is 0 Å². The van der Waals surface area contributed by atoms with Crippen LogP contribution in [0.15, 0.2) is 52.9 Å². The normalized spacial score (nSPS) is 10.6. The second-order valence-corrected chi connectivity index (χ2v) is 4.65. The number of rotatable bonds is 5. The quantitative estimate of drug-likeness (QED) is 0.723. The average Bonchev–Trinajstić information content (AvgIpc) is 2.91. The van der Waals surface area contributed by atoms with Crippen molar-refractivity contribution in [1.29, 1.82) is 0 Å². The van der Waals surface area contributed by atoms with Crippen LogP contribution in [0.2, 0.25) is 0 Å². The molecular weight excluding hydrogens is 284 g/mol. The summed E-state index contributed by atoms with van der Waals surface area (Å²) in [5.41, 5.74) is 0.441. The molecule has 0 fully saturated rings. The smallest absolute Gasteiger partial charge is 0.151 e. The van der Waals surface area contributed by atoms with Crippen LogP contribution >= 0.6 is 0 Å². The predicted octanol–water partition coefficient (Wildman–Crippen LogP) is 2.38. The van der Waals surface area contributed by atoms with Crippen LogP contribution in [0.5, 0.6) is 11.5 Å². The molecule has 0 unspecified atom stereocenters. The van der Waals surface area contributed by atoms with Crippen LogP contribution in [0.1, 0.15) is 16.1 Å². The lowest BCUT2D eigenvalue weighted by Gasteiger charge is -2.06. The molecule has 0 aliphatic heterocycles. The molecule has 3 rings (SSSR count). The fourth-order valence-electron chi connectivity index (χ4n) is 2.25. The van der Waals surface area contributed by atoms with Crippen LogP contribution in [0, 0.1) is 0 Å². The molecule has 0 radical (unpaired) electrons. The summed E-state index contributed by atoms with van der Waals surface area (Å²) in [6.45, 7) is 0.00429. The van der Waals surface area contributed by atoms with E-state index in [9.17, 15) is 9.90 Å². The molecule has 3 aromatic rings. The van der Waals surface area contributed by atoms with Gasteiger partial charge in [-0.15, -0.1) is 0 Å². The van der Waals surface area contributed by atoms with Gasteiger partial charge in [-0.25, -0.2) is 0 Å². The summed E-state index contributed by atoms with van der Waals surface area (Å²) in [5.74, 6) is 0.0851. The van der Waals surface area contributed by atoms with E-state index in [0.29, 0.717) is 22.5 Å². The molecule has 0 spiro atoms. The third kappa shape index (κ3) is 2.61. The summed E-state index contributed by atoms with van der Waals surface area (Å²) in [7, 11) is 1.51. The monoisotopic (exact) mass is 297 g/mol. The second kappa shape index (κ2) is 5.81. The molecule has 0 aliphatic carbocycles. The molecule has 1 heterocycles. The zero-order valence-electron chi connectivity index (χ0n) is 11.9. The average molecular weight is 297 g/mol. The van der Waals surface area contributed by atoms with Crippen LogP contribution < -0.4 is 14.6 Å². The summed E-state index contributed by atoms with van der Waals surface area (Å²) in [5, 5.41) is 11.9. The van der Waals surface area contributed by atoms with Crippen molar-refractivity contribution in [3.05, 3.63) is 59.9 Å².